The topological polar surface area (TPSA) is 55.4 Å². The van der Waals surface area contributed by atoms with Gasteiger partial charge >= 0.3 is 6.09 Å². The van der Waals surface area contributed by atoms with Crippen LogP contribution in [0.3, 0.4) is 0 Å². The molecule has 0 fully saturated rings. The first kappa shape index (κ1) is 14.4. The molecule has 0 spiro atoms. The van der Waals surface area contributed by atoms with Crippen LogP contribution in [0.1, 0.15) is 13.8 Å². The predicted octanol–water partition coefficient (Wildman–Crippen LogP) is 0.727. The van der Waals surface area contributed by atoms with Crippen LogP contribution < -0.4 is 5.32 Å². The van der Waals surface area contributed by atoms with E-state index in [1.165, 1.54) is 7.11 Å². The number of hydrogen-bond acceptors (Lipinski definition) is 3. The molecule has 67 valence electrons. The summed E-state index contributed by atoms with van der Waals surface area (Å²) in [6, 6.07) is 0. The molecule has 1 amide bonds. The van der Waals surface area contributed by atoms with Crippen molar-refractivity contribution in [3.05, 3.63) is 6.54 Å². The number of ether oxygens (including phenoxy) is 1. The number of Topliss-reactive ketones (excluding diaryl/α,β-unsaturated/α-hetero) is 1. The Kier molecular flexibility index (Phi) is 9.09. The Morgan fingerprint density at radius 3 is 2.25 bits per heavy atom. The van der Waals surface area contributed by atoms with Crippen molar-refractivity contribution in [2.45, 2.75) is 13.8 Å². The van der Waals surface area contributed by atoms with E-state index in [0.717, 1.165) is 6.54 Å². The Morgan fingerprint density at radius 2 is 1.92 bits per heavy atom. The van der Waals surface area contributed by atoms with Gasteiger partial charge in [-0.2, -0.15) is 0 Å². The predicted molar refractivity (Wildman–Crippen MR) is 39.7 cm³/mol. The minimum absolute atomic E-state index is 0. The zero-order valence-corrected chi connectivity index (χ0v) is 10.3. The molecule has 0 aliphatic rings. The van der Waals surface area contributed by atoms with Crippen LogP contribution in [0.4, 0.5) is 4.79 Å². The Bertz CT molecular complexity index is 159. The number of hydrogen-bond donors (Lipinski definition) is 1. The standard InChI is InChI=1S/C7H12NO3.Y/c1-5(2)6(9)4-8-7(10)11-3;/h4-5H,1-3H3,(H,8,10);/q-1;. The second kappa shape index (κ2) is 7.56. The number of ketones is 1. The van der Waals surface area contributed by atoms with Crippen LogP contribution in [0.5, 0.6) is 0 Å². The summed E-state index contributed by atoms with van der Waals surface area (Å²) in [6.07, 6.45) is -0.626. The van der Waals surface area contributed by atoms with E-state index in [4.69, 9.17) is 0 Å². The molecule has 0 heterocycles. The number of nitrogens with one attached hydrogen (secondary N) is 1. The molecule has 0 atom stereocenters. The molecule has 0 aromatic heterocycles. The van der Waals surface area contributed by atoms with Gasteiger partial charge in [0, 0.05) is 38.5 Å². The summed E-state index contributed by atoms with van der Waals surface area (Å²) >= 11 is 0. The number of methoxy groups -OCH3 is 1. The average Bonchev–Trinajstić information content (AvgIpc) is 1.99. The van der Waals surface area contributed by atoms with E-state index in [1.807, 2.05) is 0 Å². The third-order valence-corrected chi connectivity index (χ3v) is 1.09. The van der Waals surface area contributed by atoms with Gasteiger partial charge in [-0.3, -0.25) is 0 Å². The number of carbonyl (C=O) groups is 2. The minimum Gasteiger partial charge on any atom is -0.455 e. The minimum atomic E-state index is -0.626. The maximum Gasteiger partial charge on any atom is 0.380 e. The largest absolute Gasteiger partial charge is 0.455 e. The van der Waals surface area contributed by atoms with Gasteiger partial charge in [0.15, 0.2) is 0 Å². The molecule has 1 radical (unpaired) electrons. The summed E-state index contributed by atoms with van der Waals surface area (Å²) < 4.78 is 4.25. The van der Waals surface area contributed by atoms with Gasteiger partial charge in [-0.15, -0.1) is 0 Å². The van der Waals surface area contributed by atoms with Gasteiger partial charge in [0.05, 0.1) is 7.11 Å². The SMILES string of the molecule is COC(=O)N[CH-]C(=O)C(C)C.[Y]. The van der Waals surface area contributed by atoms with Gasteiger partial charge in [-0.05, 0) is 5.92 Å². The molecule has 0 unspecified atom stereocenters. The molecule has 0 saturated heterocycles. The Labute approximate surface area is 97.3 Å². The first-order valence-electron chi connectivity index (χ1n) is 3.29. The van der Waals surface area contributed by atoms with Crippen molar-refractivity contribution in [2.75, 3.05) is 7.11 Å². The average molecular weight is 247 g/mol. The molecule has 5 heteroatoms. The third kappa shape index (κ3) is 6.61. The number of carbonyl (C=O) groups excluding carboxylic acids is 2. The van der Waals surface area contributed by atoms with Gasteiger partial charge in [0.1, 0.15) is 0 Å². The van der Waals surface area contributed by atoms with Crippen LogP contribution in [-0.2, 0) is 42.2 Å². The van der Waals surface area contributed by atoms with Gasteiger partial charge < -0.3 is 14.8 Å². The summed E-state index contributed by atoms with van der Waals surface area (Å²) in [5, 5.41) is 2.18. The monoisotopic (exact) mass is 247 g/mol. The molecular weight excluding hydrogens is 235 g/mol. The van der Waals surface area contributed by atoms with E-state index in [9.17, 15) is 9.59 Å². The van der Waals surface area contributed by atoms with Gasteiger partial charge in [0.2, 0.25) is 0 Å². The van der Waals surface area contributed by atoms with Gasteiger partial charge in [-0.25, -0.2) is 11.3 Å². The number of amides is 1. The van der Waals surface area contributed by atoms with Gasteiger partial charge in [0.25, 0.3) is 0 Å². The summed E-state index contributed by atoms with van der Waals surface area (Å²) in [7, 11) is 1.24. The maximum absolute atomic E-state index is 10.8. The van der Waals surface area contributed by atoms with Gasteiger partial charge in [-0.1, -0.05) is 13.8 Å². The molecule has 0 aliphatic heterocycles. The Hall–Kier alpha value is -0.0861. The zero-order chi connectivity index (χ0) is 8.85. The van der Waals surface area contributed by atoms with Crippen LogP contribution in [-0.4, -0.2) is 19.0 Å². The van der Waals surface area contributed by atoms with E-state index in [2.05, 4.69) is 10.1 Å². The zero-order valence-electron chi connectivity index (χ0n) is 7.46. The smallest absolute Gasteiger partial charge is 0.380 e. The fraction of sp³-hybridized carbons (Fsp3) is 0.571. The van der Waals surface area contributed by atoms with Crippen LogP contribution in [0.2, 0.25) is 0 Å². The van der Waals surface area contributed by atoms with Crippen molar-refractivity contribution in [1.29, 1.82) is 0 Å². The quantitative estimate of drug-likeness (QED) is 0.748. The van der Waals surface area contributed by atoms with Crippen LogP contribution in [0.25, 0.3) is 0 Å². The van der Waals surface area contributed by atoms with E-state index in [-0.39, 0.29) is 44.4 Å². The molecule has 0 aliphatic carbocycles. The van der Waals surface area contributed by atoms with E-state index in [1.54, 1.807) is 13.8 Å². The summed E-state index contributed by atoms with van der Waals surface area (Å²) in [6.45, 7) is 4.60. The van der Waals surface area contributed by atoms with Crippen molar-refractivity contribution in [3.8, 4) is 0 Å². The number of rotatable bonds is 3. The molecule has 0 rings (SSSR count). The summed E-state index contributed by atoms with van der Waals surface area (Å²) in [5.74, 6) is -0.234. The van der Waals surface area contributed by atoms with Crippen LogP contribution >= 0.6 is 0 Å². The van der Waals surface area contributed by atoms with Crippen molar-refractivity contribution < 1.29 is 47.0 Å². The van der Waals surface area contributed by atoms with Crippen molar-refractivity contribution in [3.63, 3.8) is 0 Å². The Balaban J connectivity index is 0. The molecule has 0 saturated carbocycles. The molecule has 4 nitrogen and oxygen atoms in total. The first-order chi connectivity index (χ1) is 5.07. The van der Waals surface area contributed by atoms with Crippen LogP contribution in [0, 0.1) is 12.5 Å². The fourth-order valence-corrected chi connectivity index (χ4v) is 0.356. The molecule has 1 N–H and O–H groups in total. The Morgan fingerprint density at radius 1 is 1.42 bits per heavy atom. The maximum atomic E-state index is 10.8. The molecule has 0 aromatic carbocycles. The van der Waals surface area contributed by atoms with Crippen molar-refractivity contribution >= 4 is 11.9 Å². The van der Waals surface area contributed by atoms with E-state index in [0.29, 0.717) is 0 Å². The fourth-order valence-electron chi connectivity index (χ4n) is 0.356. The number of alkyl carbamates (subject to hydrolysis) is 1. The molecule has 12 heavy (non-hydrogen) atoms. The van der Waals surface area contributed by atoms with E-state index < -0.39 is 6.09 Å². The molecule has 0 aromatic rings. The first-order valence-corrected chi connectivity index (χ1v) is 3.29. The summed E-state index contributed by atoms with van der Waals surface area (Å²) in [5.41, 5.74) is 0. The summed E-state index contributed by atoms with van der Waals surface area (Å²) in [4.78, 5) is 21.3. The second-order valence-corrected chi connectivity index (χ2v) is 2.34. The van der Waals surface area contributed by atoms with Crippen molar-refractivity contribution in [1.82, 2.24) is 5.32 Å². The molecular formula is C7H12NO3Y-. The molecule has 0 bridgehead atoms. The van der Waals surface area contributed by atoms with Crippen molar-refractivity contribution in [2.24, 2.45) is 5.92 Å². The van der Waals surface area contributed by atoms with E-state index >= 15 is 0 Å². The third-order valence-electron chi connectivity index (χ3n) is 1.09. The van der Waals surface area contributed by atoms with Crippen LogP contribution in [0.15, 0.2) is 0 Å². The second-order valence-electron chi connectivity index (χ2n) is 2.34. The normalized spacial score (nSPS) is 8.33.